The van der Waals surface area contributed by atoms with Gasteiger partial charge in [0, 0.05) is 11.8 Å². The fourth-order valence-electron chi connectivity index (χ4n) is 3.02. The third-order valence-electron chi connectivity index (χ3n) is 3.98. The molecule has 1 heterocycles. The van der Waals surface area contributed by atoms with Gasteiger partial charge in [0.15, 0.2) is 11.0 Å². The summed E-state index contributed by atoms with van der Waals surface area (Å²) in [6.07, 6.45) is 1.01. The van der Waals surface area contributed by atoms with Crippen LogP contribution in [0, 0.1) is 23.1 Å². The number of pyridine rings is 1. The van der Waals surface area contributed by atoms with Gasteiger partial charge in [0.2, 0.25) is 0 Å². The molecule has 2 aromatic rings. The van der Waals surface area contributed by atoms with Gasteiger partial charge in [0.25, 0.3) is 0 Å². The van der Waals surface area contributed by atoms with E-state index in [0.29, 0.717) is 12.0 Å². The van der Waals surface area contributed by atoms with Crippen LogP contribution in [0.2, 0.25) is 5.15 Å². The minimum absolute atomic E-state index is 0.0115. The normalized spacial score (nSPS) is 12.9. The highest BCUT2D eigenvalue weighted by Crippen LogP contribution is 2.31. The van der Waals surface area contributed by atoms with Gasteiger partial charge < -0.3 is 15.2 Å². The molecule has 1 amide bonds. The maximum absolute atomic E-state index is 14.2. The first-order chi connectivity index (χ1) is 13.1. The Kier molecular flexibility index (Phi) is 6.81. The molecule has 1 aromatic heterocycles. The van der Waals surface area contributed by atoms with Crippen LogP contribution in [0.4, 0.5) is 9.18 Å². The summed E-state index contributed by atoms with van der Waals surface area (Å²) >= 11 is 5.72. The number of carbonyl (C=O) groups excluding carboxylic acids is 1. The SMILES string of the molecule is CC(C)CC(C)(COc1ccc(-c2ccnc(Cl)c2F)cc1C#N)OC(N)=O. The van der Waals surface area contributed by atoms with E-state index in [-0.39, 0.29) is 34.6 Å². The number of ether oxygens (including phenoxy) is 2. The Labute approximate surface area is 168 Å². The number of nitrogens with two attached hydrogens (primary N) is 1. The summed E-state index contributed by atoms with van der Waals surface area (Å²) in [4.78, 5) is 14.9. The third-order valence-corrected chi connectivity index (χ3v) is 4.24. The summed E-state index contributed by atoms with van der Waals surface area (Å²) in [5.41, 5.74) is 5.11. The van der Waals surface area contributed by atoms with E-state index >= 15 is 0 Å². The van der Waals surface area contributed by atoms with Crippen molar-refractivity contribution in [3.8, 4) is 22.9 Å². The molecule has 1 atom stereocenters. The van der Waals surface area contributed by atoms with Crippen LogP contribution >= 0.6 is 11.6 Å². The molecule has 1 aromatic carbocycles. The highest BCUT2D eigenvalue weighted by molar-refractivity contribution is 6.29. The topological polar surface area (TPSA) is 98.2 Å². The molecule has 28 heavy (non-hydrogen) atoms. The van der Waals surface area contributed by atoms with Gasteiger partial charge in [-0.2, -0.15) is 5.26 Å². The van der Waals surface area contributed by atoms with Gasteiger partial charge >= 0.3 is 6.09 Å². The minimum atomic E-state index is -0.948. The summed E-state index contributed by atoms with van der Waals surface area (Å²) in [7, 11) is 0. The Balaban J connectivity index is 2.28. The van der Waals surface area contributed by atoms with E-state index in [4.69, 9.17) is 26.8 Å². The average molecular weight is 406 g/mol. The van der Waals surface area contributed by atoms with Gasteiger partial charge in [0.05, 0.1) is 5.56 Å². The van der Waals surface area contributed by atoms with Crippen molar-refractivity contribution < 1.29 is 18.7 Å². The molecule has 0 fully saturated rings. The third kappa shape index (κ3) is 5.33. The molecule has 2 rings (SSSR count). The molecule has 0 aliphatic carbocycles. The number of benzene rings is 1. The molecule has 0 bridgehead atoms. The van der Waals surface area contributed by atoms with Gasteiger partial charge in [-0.1, -0.05) is 31.5 Å². The fraction of sp³-hybridized carbons (Fsp3) is 0.350. The highest BCUT2D eigenvalue weighted by Gasteiger charge is 2.31. The quantitative estimate of drug-likeness (QED) is 0.673. The molecule has 0 aliphatic heterocycles. The number of aromatic nitrogens is 1. The number of nitrogens with zero attached hydrogens (tertiary/aromatic N) is 2. The van der Waals surface area contributed by atoms with E-state index in [2.05, 4.69) is 4.98 Å². The van der Waals surface area contributed by atoms with Crippen molar-refractivity contribution in [1.82, 2.24) is 4.98 Å². The number of hydrogen-bond acceptors (Lipinski definition) is 5. The molecule has 148 valence electrons. The second-order valence-corrected chi connectivity index (χ2v) is 7.40. The number of rotatable bonds is 7. The van der Waals surface area contributed by atoms with Crippen LogP contribution in [0.15, 0.2) is 30.5 Å². The predicted molar refractivity (Wildman–Crippen MR) is 103 cm³/mol. The van der Waals surface area contributed by atoms with Crippen LogP contribution in [-0.2, 0) is 4.74 Å². The molecule has 2 N–H and O–H groups in total. The average Bonchev–Trinajstić information content (AvgIpc) is 2.61. The Morgan fingerprint density at radius 3 is 2.75 bits per heavy atom. The van der Waals surface area contributed by atoms with Crippen molar-refractivity contribution in [2.24, 2.45) is 11.7 Å². The number of hydrogen-bond donors (Lipinski definition) is 1. The zero-order chi connectivity index (χ0) is 20.9. The number of amides is 1. The van der Waals surface area contributed by atoms with Crippen molar-refractivity contribution in [2.75, 3.05) is 6.61 Å². The Bertz CT molecular complexity index is 914. The first-order valence-corrected chi connectivity index (χ1v) is 8.99. The van der Waals surface area contributed by atoms with Crippen molar-refractivity contribution in [3.05, 3.63) is 47.0 Å². The van der Waals surface area contributed by atoms with Gasteiger partial charge in [-0.3, -0.25) is 0 Å². The minimum Gasteiger partial charge on any atom is -0.488 e. The standard InChI is InChI=1S/C20H21ClFN3O3/c1-12(2)9-20(3,28-19(24)26)11-27-16-5-4-13(8-14(16)10-23)15-6-7-25-18(21)17(15)22/h4-8,12H,9,11H2,1-3H3,(H2,24,26). The summed E-state index contributed by atoms with van der Waals surface area (Å²) in [6, 6.07) is 8.17. The lowest BCUT2D eigenvalue weighted by Gasteiger charge is -2.30. The zero-order valence-electron chi connectivity index (χ0n) is 15.8. The van der Waals surface area contributed by atoms with Crippen LogP contribution in [0.5, 0.6) is 5.75 Å². The number of carbonyl (C=O) groups is 1. The van der Waals surface area contributed by atoms with E-state index in [1.54, 1.807) is 19.1 Å². The van der Waals surface area contributed by atoms with Crippen molar-refractivity contribution in [1.29, 1.82) is 5.26 Å². The molecule has 0 spiro atoms. The van der Waals surface area contributed by atoms with Gasteiger partial charge in [-0.05, 0) is 43.0 Å². The summed E-state index contributed by atoms with van der Waals surface area (Å²) < 4.78 is 25.2. The van der Waals surface area contributed by atoms with E-state index in [1.807, 2.05) is 19.9 Å². The summed E-state index contributed by atoms with van der Waals surface area (Å²) in [5.74, 6) is -0.152. The van der Waals surface area contributed by atoms with Crippen molar-refractivity contribution >= 4 is 17.7 Å². The monoisotopic (exact) mass is 405 g/mol. The molecule has 0 saturated heterocycles. The Morgan fingerprint density at radius 2 is 2.14 bits per heavy atom. The van der Waals surface area contributed by atoms with Gasteiger partial charge in [-0.15, -0.1) is 0 Å². The molecule has 6 nitrogen and oxygen atoms in total. The number of nitriles is 1. The zero-order valence-corrected chi connectivity index (χ0v) is 16.6. The first-order valence-electron chi connectivity index (χ1n) is 8.61. The lowest BCUT2D eigenvalue weighted by atomic mass is 9.95. The number of primary amides is 1. The maximum atomic E-state index is 14.2. The van der Waals surface area contributed by atoms with Crippen LogP contribution in [-0.4, -0.2) is 23.3 Å². The van der Waals surface area contributed by atoms with E-state index in [9.17, 15) is 14.4 Å². The highest BCUT2D eigenvalue weighted by atomic mass is 35.5. The lowest BCUT2D eigenvalue weighted by Crippen LogP contribution is -2.41. The smallest absolute Gasteiger partial charge is 0.405 e. The number of halogens is 2. The van der Waals surface area contributed by atoms with E-state index in [0.717, 1.165) is 0 Å². The second kappa shape index (κ2) is 8.89. The molecular formula is C20H21ClFN3O3. The fourth-order valence-corrected chi connectivity index (χ4v) is 3.18. The summed E-state index contributed by atoms with van der Waals surface area (Å²) in [5, 5.41) is 9.22. The molecular weight excluding hydrogens is 385 g/mol. The van der Waals surface area contributed by atoms with Crippen LogP contribution in [0.3, 0.4) is 0 Å². The molecule has 1 unspecified atom stereocenters. The van der Waals surface area contributed by atoms with Crippen molar-refractivity contribution in [3.63, 3.8) is 0 Å². The summed E-state index contributed by atoms with van der Waals surface area (Å²) in [6.45, 7) is 5.68. The molecule has 0 saturated carbocycles. The van der Waals surface area contributed by atoms with Crippen molar-refractivity contribution in [2.45, 2.75) is 32.8 Å². The second-order valence-electron chi connectivity index (χ2n) is 7.04. The largest absolute Gasteiger partial charge is 0.488 e. The Morgan fingerprint density at radius 1 is 1.43 bits per heavy atom. The Hall–Kier alpha value is -2.85. The molecule has 8 heteroatoms. The van der Waals surface area contributed by atoms with Crippen LogP contribution < -0.4 is 10.5 Å². The lowest BCUT2D eigenvalue weighted by molar-refractivity contribution is -0.0186. The maximum Gasteiger partial charge on any atom is 0.405 e. The predicted octanol–water partition coefficient (Wildman–Crippen LogP) is 4.69. The van der Waals surface area contributed by atoms with Gasteiger partial charge in [-0.25, -0.2) is 14.2 Å². The van der Waals surface area contributed by atoms with Gasteiger partial charge in [0.1, 0.15) is 24.0 Å². The van der Waals surface area contributed by atoms with E-state index < -0.39 is 17.5 Å². The molecule has 0 aliphatic rings. The molecule has 0 radical (unpaired) electrons. The van der Waals surface area contributed by atoms with Crippen LogP contribution in [0.25, 0.3) is 11.1 Å². The first kappa shape index (κ1) is 21.5. The van der Waals surface area contributed by atoms with Crippen LogP contribution in [0.1, 0.15) is 32.8 Å². The van der Waals surface area contributed by atoms with E-state index in [1.165, 1.54) is 18.3 Å².